The van der Waals surface area contributed by atoms with E-state index in [0.29, 0.717) is 5.69 Å². The number of hydrogen-bond acceptors (Lipinski definition) is 2. The molecule has 1 aliphatic carbocycles. The molecule has 0 aromatic carbocycles. The van der Waals surface area contributed by atoms with Crippen molar-refractivity contribution in [2.75, 3.05) is 0 Å². The lowest BCUT2D eigenvalue weighted by Crippen LogP contribution is -2.37. The maximum atomic E-state index is 12.1. The van der Waals surface area contributed by atoms with Crippen LogP contribution >= 0.6 is 0 Å². The van der Waals surface area contributed by atoms with Gasteiger partial charge in [-0.15, -0.1) is 0 Å². The van der Waals surface area contributed by atoms with Gasteiger partial charge in [-0.05, 0) is 25.0 Å². The van der Waals surface area contributed by atoms with E-state index in [1.807, 2.05) is 0 Å². The van der Waals surface area contributed by atoms with Crippen molar-refractivity contribution in [2.45, 2.75) is 44.7 Å². The van der Waals surface area contributed by atoms with Crippen LogP contribution in [0.1, 0.15) is 42.6 Å². The largest absolute Gasteiger partial charge is 0.480 e. The molecular weight excluding hydrogens is 232 g/mol. The molecule has 1 aromatic heterocycles. The number of carbonyl (C=O) groups excluding carboxylic acids is 1. The first-order valence-electron chi connectivity index (χ1n) is 6.34. The summed E-state index contributed by atoms with van der Waals surface area (Å²) >= 11 is 0. The summed E-state index contributed by atoms with van der Waals surface area (Å²) in [5.74, 6) is -1.12. The molecule has 1 aromatic rings. The van der Waals surface area contributed by atoms with Crippen LogP contribution < -0.4 is 5.32 Å². The zero-order valence-electron chi connectivity index (χ0n) is 10.3. The molecule has 0 atom stereocenters. The van der Waals surface area contributed by atoms with Crippen molar-refractivity contribution in [3.63, 3.8) is 0 Å². The van der Waals surface area contributed by atoms with Crippen molar-refractivity contribution >= 4 is 11.9 Å². The molecule has 0 aliphatic heterocycles. The smallest absolute Gasteiger partial charge is 0.323 e. The molecule has 2 rings (SSSR count). The maximum absolute atomic E-state index is 12.1. The summed E-state index contributed by atoms with van der Waals surface area (Å²) in [7, 11) is 0. The van der Waals surface area contributed by atoms with Gasteiger partial charge in [-0.3, -0.25) is 9.59 Å². The highest BCUT2D eigenvalue weighted by molar-refractivity contribution is 5.93. The molecular formula is C13H18N2O3. The maximum Gasteiger partial charge on any atom is 0.323 e. The predicted octanol–water partition coefficient (Wildman–Crippen LogP) is 1.64. The monoisotopic (exact) mass is 250 g/mol. The lowest BCUT2D eigenvalue weighted by molar-refractivity contribution is -0.137. The molecule has 1 aliphatic rings. The van der Waals surface area contributed by atoms with E-state index in [4.69, 9.17) is 5.11 Å². The van der Waals surface area contributed by atoms with Crippen LogP contribution in [0.15, 0.2) is 18.3 Å². The molecule has 1 saturated carbocycles. The summed E-state index contributed by atoms with van der Waals surface area (Å²) in [5, 5.41) is 11.7. The Balaban J connectivity index is 1.99. The van der Waals surface area contributed by atoms with Crippen molar-refractivity contribution in [3.8, 4) is 0 Å². The van der Waals surface area contributed by atoms with Gasteiger partial charge in [-0.2, -0.15) is 0 Å². The third-order valence-corrected chi connectivity index (χ3v) is 3.31. The Morgan fingerprint density at radius 3 is 2.72 bits per heavy atom. The molecule has 1 fully saturated rings. The molecule has 18 heavy (non-hydrogen) atoms. The summed E-state index contributed by atoms with van der Waals surface area (Å²) in [4.78, 5) is 22.7. The van der Waals surface area contributed by atoms with E-state index in [2.05, 4.69) is 5.32 Å². The van der Waals surface area contributed by atoms with E-state index in [9.17, 15) is 9.59 Å². The molecule has 0 radical (unpaired) electrons. The van der Waals surface area contributed by atoms with Crippen molar-refractivity contribution in [1.29, 1.82) is 0 Å². The number of amides is 1. The third-order valence-electron chi connectivity index (χ3n) is 3.31. The number of hydrogen-bond donors (Lipinski definition) is 2. The van der Waals surface area contributed by atoms with Crippen LogP contribution in [0, 0.1) is 0 Å². The number of rotatable bonds is 4. The molecule has 0 unspecified atom stereocenters. The van der Waals surface area contributed by atoms with Gasteiger partial charge in [0.1, 0.15) is 12.2 Å². The number of carboxylic acids is 1. The Morgan fingerprint density at radius 1 is 1.33 bits per heavy atom. The second kappa shape index (κ2) is 5.71. The lowest BCUT2D eigenvalue weighted by atomic mass is 9.95. The Hall–Kier alpha value is -1.78. The van der Waals surface area contributed by atoms with E-state index in [1.54, 1.807) is 18.3 Å². The number of carbonyl (C=O) groups is 2. The summed E-state index contributed by atoms with van der Waals surface area (Å²) in [6.07, 6.45) is 7.20. The third kappa shape index (κ3) is 3.12. The fourth-order valence-corrected chi connectivity index (χ4v) is 2.41. The van der Waals surface area contributed by atoms with Gasteiger partial charge < -0.3 is 15.0 Å². The Bertz CT molecular complexity index is 433. The number of carboxylic acid groups (broad SMARTS) is 1. The van der Waals surface area contributed by atoms with E-state index in [0.717, 1.165) is 25.7 Å². The van der Waals surface area contributed by atoms with E-state index in [-0.39, 0.29) is 18.5 Å². The molecule has 5 nitrogen and oxygen atoms in total. The highest BCUT2D eigenvalue weighted by atomic mass is 16.4. The molecule has 0 saturated heterocycles. The van der Waals surface area contributed by atoms with Crippen LogP contribution in [0.5, 0.6) is 0 Å². The highest BCUT2D eigenvalue weighted by Gasteiger charge is 2.18. The first kappa shape index (κ1) is 12.7. The second-order valence-corrected chi connectivity index (χ2v) is 4.72. The summed E-state index contributed by atoms with van der Waals surface area (Å²) in [6.45, 7) is -0.180. The van der Waals surface area contributed by atoms with Gasteiger partial charge in [0.2, 0.25) is 0 Å². The van der Waals surface area contributed by atoms with Crippen LogP contribution in [0.25, 0.3) is 0 Å². The lowest BCUT2D eigenvalue weighted by Gasteiger charge is -2.22. The van der Waals surface area contributed by atoms with Gasteiger partial charge in [0.15, 0.2) is 0 Å². The number of aromatic nitrogens is 1. The van der Waals surface area contributed by atoms with Crippen LogP contribution in [0.3, 0.4) is 0 Å². The van der Waals surface area contributed by atoms with Crippen LogP contribution in [0.4, 0.5) is 0 Å². The average molecular weight is 250 g/mol. The molecule has 98 valence electrons. The minimum Gasteiger partial charge on any atom is -0.480 e. The summed E-state index contributed by atoms with van der Waals surface area (Å²) < 4.78 is 1.46. The Labute approximate surface area is 106 Å². The zero-order chi connectivity index (χ0) is 13.0. The zero-order valence-corrected chi connectivity index (χ0v) is 10.3. The normalized spacial score (nSPS) is 16.4. The van der Waals surface area contributed by atoms with Gasteiger partial charge in [-0.1, -0.05) is 19.3 Å². The van der Waals surface area contributed by atoms with Gasteiger partial charge in [0.25, 0.3) is 5.91 Å². The van der Waals surface area contributed by atoms with Crippen LogP contribution in [-0.2, 0) is 11.3 Å². The molecule has 0 spiro atoms. The topological polar surface area (TPSA) is 71.3 Å². The van der Waals surface area contributed by atoms with Gasteiger partial charge in [-0.25, -0.2) is 0 Å². The van der Waals surface area contributed by atoms with Gasteiger partial charge >= 0.3 is 5.97 Å². The van der Waals surface area contributed by atoms with Crippen molar-refractivity contribution in [2.24, 2.45) is 0 Å². The SMILES string of the molecule is O=C(O)Cn1cccc1C(=O)NC1CCCCC1. The standard InChI is InChI=1S/C13H18N2O3/c16-12(17)9-15-8-4-7-11(15)13(18)14-10-5-2-1-3-6-10/h4,7-8,10H,1-3,5-6,9H2,(H,14,18)(H,16,17). The Kier molecular flexibility index (Phi) is 4.02. The fraction of sp³-hybridized carbons (Fsp3) is 0.538. The van der Waals surface area contributed by atoms with Crippen molar-refractivity contribution in [3.05, 3.63) is 24.0 Å². The van der Waals surface area contributed by atoms with Crippen molar-refractivity contribution < 1.29 is 14.7 Å². The predicted molar refractivity (Wildman–Crippen MR) is 66.4 cm³/mol. The molecule has 1 heterocycles. The quantitative estimate of drug-likeness (QED) is 0.853. The highest BCUT2D eigenvalue weighted by Crippen LogP contribution is 2.17. The van der Waals surface area contributed by atoms with Crippen LogP contribution in [-0.4, -0.2) is 27.6 Å². The van der Waals surface area contributed by atoms with E-state index >= 15 is 0 Å². The number of aliphatic carboxylic acids is 1. The van der Waals surface area contributed by atoms with Crippen LogP contribution in [0.2, 0.25) is 0 Å². The number of nitrogens with one attached hydrogen (secondary N) is 1. The molecule has 0 bridgehead atoms. The second-order valence-electron chi connectivity index (χ2n) is 4.72. The Morgan fingerprint density at radius 2 is 2.06 bits per heavy atom. The van der Waals surface area contributed by atoms with E-state index < -0.39 is 5.97 Å². The first-order chi connectivity index (χ1) is 8.66. The fourth-order valence-electron chi connectivity index (χ4n) is 2.41. The van der Waals surface area contributed by atoms with E-state index in [1.165, 1.54) is 11.0 Å². The molecule has 2 N–H and O–H groups in total. The van der Waals surface area contributed by atoms with Gasteiger partial charge in [0, 0.05) is 12.2 Å². The average Bonchev–Trinajstić information content (AvgIpc) is 2.77. The van der Waals surface area contributed by atoms with Gasteiger partial charge in [0.05, 0.1) is 0 Å². The summed E-state index contributed by atoms with van der Waals surface area (Å²) in [6, 6.07) is 3.58. The molecule has 1 amide bonds. The number of nitrogens with zero attached hydrogens (tertiary/aromatic N) is 1. The first-order valence-corrected chi connectivity index (χ1v) is 6.34. The minimum atomic E-state index is -0.946. The summed E-state index contributed by atoms with van der Waals surface area (Å²) in [5.41, 5.74) is 0.419. The minimum absolute atomic E-state index is 0.173. The van der Waals surface area contributed by atoms with Crippen molar-refractivity contribution in [1.82, 2.24) is 9.88 Å². The molecule has 5 heteroatoms.